The summed E-state index contributed by atoms with van der Waals surface area (Å²) >= 11 is 11.7. The van der Waals surface area contributed by atoms with E-state index in [1.54, 1.807) is 0 Å². The highest BCUT2D eigenvalue weighted by Gasteiger charge is 2.53. The quantitative estimate of drug-likeness (QED) is 0.866. The third-order valence-corrected chi connectivity index (χ3v) is 4.54. The second-order valence-corrected chi connectivity index (χ2v) is 6.08. The van der Waals surface area contributed by atoms with Crippen molar-refractivity contribution in [1.82, 2.24) is 4.90 Å². The van der Waals surface area contributed by atoms with Crippen LogP contribution in [-0.2, 0) is 4.79 Å². The maximum absolute atomic E-state index is 13.0. The van der Waals surface area contributed by atoms with Gasteiger partial charge in [0.1, 0.15) is 5.75 Å². The molecule has 1 fully saturated rings. The normalized spacial score (nSPS) is 21.0. The molecule has 1 aliphatic heterocycles. The van der Waals surface area contributed by atoms with Gasteiger partial charge >= 0.3 is 12.1 Å². The highest BCUT2D eigenvalue weighted by atomic mass is 35.5. The molecule has 1 aliphatic rings. The van der Waals surface area contributed by atoms with Crippen LogP contribution >= 0.6 is 23.2 Å². The molecule has 10 heteroatoms. The fourth-order valence-corrected chi connectivity index (χ4v) is 2.90. The van der Waals surface area contributed by atoms with E-state index in [0.717, 1.165) is 4.90 Å². The molecule has 1 N–H and O–H groups in total. The van der Waals surface area contributed by atoms with Gasteiger partial charge in [0.2, 0.25) is 0 Å². The molecule has 0 bridgehead atoms. The molecule has 0 saturated carbocycles. The van der Waals surface area contributed by atoms with Gasteiger partial charge in [-0.2, -0.15) is 13.2 Å². The number of carboxylic acid groups (broad SMARTS) is 1. The second kappa shape index (κ2) is 6.68. The van der Waals surface area contributed by atoms with Crippen LogP contribution in [0.5, 0.6) is 5.75 Å². The van der Waals surface area contributed by atoms with E-state index >= 15 is 0 Å². The van der Waals surface area contributed by atoms with Crippen LogP contribution in [0.25, 0.3) is 0 Å². The summed E-state index contributed by atoms with van der Waals surface area (Å²) in [5.74, 6) is -6.22. The molecule has 5 nitrogen and oxygen atoms in total. The zero-order chi connectivity index (χ0) is 18.2. The molecule has 2 atom stereocenters. The van der Waals surface area contributed by atoms with Crippen LogP contribution in [0.3, 0.4) is 0 Å². The van der Waals surface area contributed by atoms with E-state index < -0.39 is 43.0 Å². The standard InChI is InChI=1S/C14H12Cl2F3NO4/c1-24-11-3-10(16)9(15)2-6(11)12(21)20-4-7(13(22)23)8(5-20)14(17,18)19/h2-3,7-8H,4-5H2,1H3,(H,22,23)/t7-,8-/m1/s1. The lowest BCUT2D eigenvalue weighted by molar-refractivity contribution is -0.187. The van der Waals surface area contributed by atoms with E-state index in [2.05, 4.69) is 0 Å². The van der Waals surface area contributed by atoms with Crippen molar-refractivity contribution in [2.45, 2.75) is 6.18 Å². The number of carboxylic acids is 1. The zero-order valence-electron chi connectivity index (χ0n) is 12.2. The van der Waals surface area contributed by atoms with E-state index in [1.807, 2.05) is 0 Å². The van der Waals surface area contributed by atoms with Crippen LogP contribution in [-0.4, -0.2) is 48.3 Å². The van der Waals surface area contributed by atoms with Crippen LogP contribution in [0, 0.1) is 11.8 Å². The topological polar surface area (TPSA) is 66.8 Å². The summed E-state index contributed by atoms with van der Waals surface area (Å²) in [6.45, 7) is -1.30. The third kappa shape index (κ3) is 3.54. The lowest BCUT2D eigenvalue weighted by Gasteiger charge is -2.19. The number of hydrogen-bond acceptors (Lipinski definition) is 3. The Morgan fingerprint density at radius 3 is 2.29 bits per heavy atom. The SMILES string of the molecule is COc1cc(Cl)c(Cl)cc1C(=O)N1C[C@@H](C(F)(F)F)[C@H](C(=O)O)C1. The summed E-state index contributed by atoms with van der Waals surface area (Å²) in [5, 5.41) is 9.14. The van der Waals surface area contributed by atoms with Gasteiger partial charge in [0.25, 0.3) is 5.91 Å². The molecule has 24 heavy (non-hydrogen) atoms. The number of amides is 1. The van der Waals surface area contributed by atoms with Gasteiger partial charge in [-0.15, -0.1) is 0 Å². The van der Waals surface area contributed by atoms with Crippen LogP contribution in [0.4, 0.5) is 13.2 Å². The number of rotatable bonds is 3. The molecule has 2 rings (SSSR count). The summed E-state index contributed by atoms with van der Waals surface area (Å²) < 4.78 is 44.0. The third-order valence-electron chi connectivity index (χ3n) is 3.82. The maximum Gasteiger partial charge on any atom is 0.394 e. The Bertz CT molecular complexity index is 681. The molecular formula is C14H12Cl2F3NO4. The van der Waals surface area contributed by atoms with E-state index in [-0.39, 0.29) is 21.4 Å². The molecule has 1 aromatic rings. The Kier molecular flexibility index (Phi) is 5.19. The summed E-state index contributed by atoms with van der Waals surface area (Å²) in [7, 11) is 1.26. The number of ether oxygens (including phenoxy) is 1. The van der Waals surface area contributed by atoms with Crippen LogP contribution in [0.2, 0.25) is 10.0 Å². The minimum Gasteiger partial charge on any atom is -0.496 e. The Hall–Kier alpha value is -1.67. The van der Waals surface area contributed by atoms with E-state index in [0.29, 0.717) is 0 Å². The van der Waals surface area contributed by atoms with Gasteiger partial charge in [0.05, 0.1) is 34.6 Å². The minimum atomic E-state index is -4.72. The van der Waals surface area contributed by atoms with Crippen LogP contribution in [0.15, 0.2) is 12.1 Å². The number of nitrogens with zero attached hydrogens (tertiary/aromatic N) is 1. The highest BCUT2D eigenvalue weighted by molar-refractivity contribution is 6.42. The van der Waals surface area contributed by atoms with Gasteiger partial charge in [0.15, 0.2) is 0 Å². The molecular weight excluding hydrogens is 374 g/mol. The van der Waals surface area contributed by atoms with Gasteiger partial charge in [-0.1, -0.05) is 23.2 Å². The van der Waals surface area contributed by atoms with Crippen LogP contribution < -0.4 is 4.74 Å². The molecule has 1 amide bonds. The fraction of sp³-hybridized carbons (Fsp3) is 0.429. The molecule has 0 aromatic heterocycles. The number of hydrogen-bond donors (Lipinski definition) is 1. The maximum atomic E-state index is 13.0. The van der Waals surface area contributed by atoms with Gasteiger partial charge in [0, 0.05) is 19.2 Å². The molecule has 132 valence electrons. The van der Waals surface area contributed by atoms with Crippen molar-refractivity contribution in [2.24, 2.45) is 11.8 Å². The van der Waals surface area contributed by atoms with E-state index in [4.69, 9.17) is 33.0 Å². The second-order valence-electron chi connectivity index (χ2n) is 5.27. The average molecular weight is 386 g/mol. The number of carbonyl (C=O) groups is 2. The van der Waals surface area contributed by atoms with Gasteiger partial charge < -0.3 is 14.7 Å². The zero-order valence-corrected chi connectivity index (χ0v) is 13.7. The molecule has 0 radical (unpaired) electrons. The van der Waals surface area contributed by atoms with Crippen molar-refractivity contribution in [2.75, 3.05) is 20.2 Å². The number of carbonyl (C=O) groups excluding carboxylic acids is 1. The first kappa shape index (κ1) is 18.7. The number of halogens is 5. The van der Waals surface area contributed by atoms with Crippen molar-refractivity contribution in [1.29, 1.82) is 0 Å². The van der Waals surface area contributed by atoms with Crippen molar-refractivity contribution in [3.8, 4) is 5.75 Å². The van der Waals surface area contributed by atoms with Gasteiger partial charge in [-0.25, -0.2) is 0 Å². The molecule has 1 aromatic carbocycles. The number of alkyl halides is 3. The van der Waals surface area contributed by atoms with Crippen molar-refractivity contribution < 1.29 is 32.6 Å². The Balaban J connectivity index is 2.35. The Labute approximate surface area is 144 Å². The molecule has 1 saturated heterocycles. The number of aliphatic carboxylic acids is 1. The highest BCUT2D eigenvalue weighted by Crippen LogP contribution is 2.39. The molecule has 0 spiro atoms. The van der Waals surface area contributed by atoms with Gasteiger partial charge in [-0.05, 0) is 6.07 Å². The predicted octanol–water partition coefficient (Wildman–Crippen LogP) is 3.34. The van der Waals surface area contributed by atoms with Gasteiger partial charge in [-0.3, -0.25) is 9.59 Å². The minimum absolute atomic E-state index is 0.0298. The average Bonchev–Trinajstić information content (AvgIpc) is 2.94. The van der Waals surface area contributed by atoms with E-state index in [1.165, 1.54) is 19.2 Å². The summed E-state index contributed by atoms with van der Waals surface area (Å²) in [6, 6.07) is 2.45. The van der Waals surface area contributed by atoms with E-state index in [9.17, 15) is 22.8 Å². The Morgan fingerprint density at radius 2 is 1.83 bits per heavy atom. The lowest BCUT2D eigenvalue weighted by atomic mass is 9.96. The smallest absolute Gasteiger partial charge is 0.394 e. The van der Waals surface area contributed by atoms with Crippen molar-refractivity contribution in [3.63, 3.8) is 0 Å². The summed E-state index contributed by atoms with van der Waals surface area (Å²) in [4.78, 5) is 24.4. The molecule has 1 heterocycles. The first-order valence-corrected chi connectivity index (χ1v) is 7.43. The number of benzene rings is 1. The first-order chi connectivity index (χ1) is 11.1. The first-order valence-electron chi connectivity index (χ1n) is 6.68. The number of methoxy groups -OCH3 is 1. The lowest BCUT2D eigenvalue weighted by Crippen LogP contribution is -2.34. The summed E-state index contributed by atoms with van der Waals surface area (Å²) in [5.41, 5.74) is -0.0844. The molecule has 0 unspecified atom stereocenters. The van der Waals surface area contributed by atoms with Crippen molar-refractivity contribution in [3.05, 3.63) is 27.7 Å². The fourth-order valence-electron chi connectivity index (χ4n) is 2.59. The predicted molar refractivity (Wildman–Crippen MR) is 79.6 cm³/mol. The number of likely N-dealkylation sites (tertiary alicyclic amines) is 1. The monoisotopic (exact) mass is 385 g/mol. The van der Waals surface area contributed by atoms with Crippen molar-refractivity contribution >= 4 is 35.1 Å². The largest absolute Gasteiger partial charge is 0.496 e. The summed E-state index contributed by atoms with van der Waals surface area (Å²) in [6.07, 6.45) is -4.72. The molecule has 0 aliphatic carbocycles. The Morgan fingerprint density at radius 1 is 1.25 bits per heavy atom. The van der Waals surface area contributed by atoms with Crippen LogP contribution in [0.1, 0.15) is 10.4 Å².